The lowest BCUT2D eigenvalue weighted by Crippen LogP contribution is -2.38. The number of carbonyl (C=O) groups excluding carboxylic acids is 2. The smallest absolute Gasteiger partial charge is 0.305 e. The van der Waals surface area contributed by atoms with Gasteiger partial charge in [-0.15, -0.1) is 0 Å². The molecule has 2 heterocycles. The van der Waals surface area contributed by atoms with Crippen LogP contribution >= 0.6 is 45.2 Å². The van der Waals surface area contributed by atoms with E-state index in [1.54, 1.807) is 0 Å². The number of rotatable bonds is 15. The molecule has 0 aliphatic carbocycles. The number of hydrogen-bond acceptors (Lipinski definition) is 8. The molecule has 0 amide bonds. The maximum Gasteiger partial charge on any atom is 0.305 e. The van der Waals surface area contributed by atoms with Crippen molar-refractivity contribution in [2.45, 2.75) is 51.4 Å². The molecule has 8 nitrogen and oxygen atoms in total. The first kappa shape index (κ1) is 34.2. The van der Waals surface area contributed by atoms with E-state index in [0.29, 0.717) is 26.1 Å². The lowest BCUT2D eigenvalue weighted by molar-refractivity contribution is -0.145. The van der Waals surface area contributed by atoms with Crippen LogP contribution in [0.15, 0.2) is 0 Å². The van der Waals surface area contributed by atoms with Crippen molar-refractivity contribution in [3.63, 3.8) is 0 Å². The summed E-state index contributed by atoms with van der Waals surface area (Å²) >= 11 is 4.30. The Morgan fingerprint density at radius 1 is 0.618 bits per heavy atom. The molecule has 202 valence electrons. The molecule has 0 spiro atoms. The van der Waals surface area contributed by atoms with Crippen molar-refractivity contribution in [1.82, 2.24) is 9.80 Å². The van der Waals surface area contributed by atoms with Crippen molar-refractivity contribution >= 4 is 57.1 Å². The molecule has 0 unspecified atom stereocenters. The number of halogens is 2. The van der Waals surface area contributed by atoms with Crippen LogP contribution in [0.25, 0.3) is 0 Å². The zero-order chi connectivity index (χ0) is 25.3. The molecule has 0 atom stereocenters. The molecule has 2 rings (SSSR count). The van der Waals surface area contributed by atoms with Crippen molar-refractivity contribution in [1.29, 1.82) is 0 Å². The van der Waals surface area contributed by atoms with Crippen LogP contribution in [0.4, 0.5) is 0 Å². The highest BCUT2D eigenvalue weighted by Crippen LogP contribution is 2.10. The Balaban J connectivity index is 0.00000258. The van der Waals surface area contributed by atoms with E-state index in [1.807, 2.05) is 9.86 Å². The van der Waals surface area contributed by atoms with Gasteiger partial charge in [0.25, 0.3) is 0 Å². The molecule has 2 aliphatic heterocycles. The molecule has 0 aromatic carbocycles. The number of morpholine rings is 2. The van der Waals surface area contributed by atoms with E-state index < -0.39 is 0 Å². The second-order valence-corrected chi connectivity index (χ2v) is 7.97. The summed E-state index contributed by atoms with van der Waals surface area (Å²) in [5, 5.41) is 0. The Hall–Kier alpha value is 0.240. The van der Waals surface area contributed by atoms with Gasteiger partial charge in [-0.05, 0) is 22.7 Å². The molecule has 0 saturated carbocycles. The second-order valence-electron chi connectivity index (χ2n) is 7.97. The summed E-state index contributed by atoms with van der Waals surface area (Å²) in [6, 6.07) is 0. The molecule has 2 fully saturated rings. The van der Waals surface area contributed by atoms with E-state index >= 15 is 0 Å². The summed E-state index contributed by atoms with van der Waals surface area (Å²) in [7, 11) is 0. The average Bonchev–Trinajstić information content (AvgIpc) is 2.89. The van der Waals surface area contributed by atoms with Crippen LogP contribution in [0.1, 0.15) is 51.4 Å². The van der Waals surface area contributed by atoms with Gasteiger partial charge in [-0.1, -0.05) is 70.9 Å². The summed E-state index contributed by atoms with van der Waals surface area (Å²) in [6.45, 7) is 9.29. The van der Waals surface area contributed by atoms with E-state index in [9.17, 15) is 9.59 Å². The zero-order valence-corrected chi connectivity index (χ0v) is 25.6. The van der Waals surface area contributed by atoms with Crippen LogP contribution in [0.2, 0.25) is 0 Å². The fourth-order valence-corrected chi connectivity index (χ4v) is 3.62. The van der Waals surface area contributed by atoms with E-state index in [-0.39, 0.29) is 11.9 Å². The fraction of sp³-hybridized carbons (Fsp3) is 0.917. The Kier molecular flexibility index (Phi) is 26.5. The third kappa shape index (κ3) is 20.4. The maximum absolute atomic E-state index is 11.8. The topological polar surface area (TPSA) is 77.5 Å². The number of hydrogen-bond donors (Lipinski definition) is 0. The molecule has 2 saturated heterocycles. The van der Waals surface area contributed by atoms with Crippen molar-refractivity contribution in [2.75, 3.05) is 88.8 Å². The van der Waals surface area contributed by atoms with E-state index in [4.69, 9.17) is 18.9 Å². The lowest BCUT2D eigenvalue weighted by Gasteiger charge is -2.26. The highest BCUT2D eigenvalue weighted by Gasteiger charge is 2.12. The molecule has 10 heteroatoms. The Morgan fingerprint density at radius 3 is 1.29 bits per heavy atom. The predicted octanol–water partition coefficient (Wildman–Crippen LogP) is 3.96. The Morgan fingerprint density at radius 2 is 0.941 bits per heavy atom. The monoisotopic (exact) mass is 712 g/mol. The molecule has 34 heavy (non-hydrogen) atoms. The Labute approximate surface area is 234 Å². The van der Waals surface area contributed by atoms with Crippen molar-refractivity contribution in [3.8, 4) is 0 Å². The van der Waals surface area contributed by atoms with Crippen LogP contribution in [-0.2, 0) is 28.5 Å². The minimum atomic E-state index is -0.0944. The van der Waals surface area contributed by atoms with Crippen molar-refractivity contribution in [3.05, 3.63) is 0 Å². The van der Waals surface area contributed by atoms with Crippen LogP contribution in [0, 0.1) is 0 Å². The molecule has 0 radical (unpaired) electrons. The third-order valence-corrected chi connectivity index (χ3v) is 5.56. The summed E-state index contributed by atoms with van der Waals surface area (Å²) < 4.78 is 21.2. The number of esters is 2. The van der Waals surface area contributed by atoms with Gasteiger partial charge in [-0.25, -0.2) is 0 Å². The molecule has 0 N–H and O–H groups in total. The van der Waals surface area contributed by atoms with E-state index in [1.165, 1.54) is 0 Å². The van der Waals surface area contributed by atoms with Gasteiger partial charge in [0.2, 0.25) is 0 Å². The SMILES string of the molecule is CI.CI.O=C(CCCCCCCCC(=O)OCCN1CCOCC1)OCCN1CCOCC1. The summed E-state index contributed by atoms with van der Waals surface area (Å²) in [5.41, 5.74) is 0. The maximum atomic E-state index is 11.8. The van der Waals surface area contributed by atoms with E-state index in [2.05, 4.69) is 55.0 Å². The molecule has 0 bridgehead atoms. The fourth-order valence-electron chi connectivity index (χ4n) is 3.62. The summed E-state index contributed by atoms with van der Waals surface area (Å²) in [4.78, 5) is 32.0. The normalized spacial score (nSPS) is 16.5. The summed E-state index contributed by atoms with van der Waals surface area (Å²) in [6.07, 6.45) is 6.99. The predicted molar refractivity (Wildman–Crippen MR) is 153 cm³/mol. The quantitative estimate of drug-likeness (QED) is 0.109. The van der Waals surface area contributed by atoms with Crippen molar-refractivity contribution < 1.29 is 28.5 Å². The largest absolute Gasteiger partial charge is 0.464 e. The second kappa shape index (κ2) is 26.3. The third-order valence-electron chi connectivity index (χ3n) is 5.56. The van der Waals surface area contributed by atoms with Gasteiger partial charge >= 0.3 is 11.9 Å². The highest BCUT2D eigenvalue weighted by atomic mass is 127. The van der Waals surface area contributed by atoms with Crippen LogP contribution in [0.3, 0.4) is 0 Å². The lowest BCUT2D eigenvalue weighted by atomic mass is 10.1. The van der Waals surface area contributed by atoms with E-state index in [0.717, 1.165) is 104 Å². The van der Waals surface area contributed by atoms with Gasteiger partial charge in [0.05, 0.1) is 26.4 Å². The molecule has 2 aliphatic rings. The van der Waals surface area contributed by atoms with Crippen LogP contribution in [0.5, 0.6) is 0 Å². The molecule has 0 aromatic rings. The highest BCUT2D eigenvalue weighted by molar-refractivity contribution is 14.1. The molecular weight excluding hydrogens is 666 g/mol. The van der Waals surface area contributed by atoms with Crippen LogP contribution < -0.4 is 0 Å². The minimum absolute atomic E-state index is 0.0944. The van der Waals surface area contributed by atoms with Gasteiger partial charge in [0, 0.05) is 52.1 Å². The zero-order valence-electron chi connectivity index (χ0n) is 21.2. The van der Waals surface area contributed by atoms with Crippen LogP contribution in [-0.4, -0.2) is 111 Å². The number of unbranched alkanes of at least 4 members (excludes halogenated alkanes) is 5. The van der Waals surface area contributed by atoms with Gasteiger partial charge in [0.15, 0.2) is 0 Å². The standard InChI is InChI=1S/C22H40N2O6.2CH3I/c25-21(29-19-13-23-9-15-27-16-10-23)7-5-3-1-2-4-6-8-22(26)30-20-14-24-11-17-28-18-12-24;2*1-2/h1-20H2;2*1H3. The number of alkyl halides is 2. The number of nitrogens with zero attached hydrogens (tertiary/aromatic N) is 2. The summed E-state index contributed by atoms with van der Waals surface area (Å²) in [5.74, 6) is -0.189. The first-order chi connectivity index (χ1) is 16.7. The first-order valence-corrected chi connectivity index (χ1v) is 16.7. The van der Waals surface area contributed by atoms with Gasteiger partial charge < -0.3 is 18.9 Å². The minimum Gasteiger partial charge on any atom is -0.464 e. The molecular formula is C24H46I2N2O6. The van der Waals surface area contributed by atoms with Gasteiger partial charge in [-0.2, -0.15) is 0 Å². The average molecular weight is 712 g/mol. The number of ether oxygens (including phenoxy) is 4. The molecule has 0 aromatic heterocycles. The van der Waals surface area contributed by atoms with Gasteiger partial charge in [-0.3, -0.25) is 19.4 Å². The number of carbonyl (C=O) groups is 2. The first-order valence-electron chi connectivity index (χ1n) is 12.4. The van der Waals surface area contributed by atoms with Gasteiger partial charge in [0.1, 0.15) is 13.2 Å². The Bertz CT molecular complexity index is 434. The van der Waals surface area contributed by atoms with Crippen molar-refractivity contribution in [2.24, 2.45) is 0 Å².